The average Bonchev–Trinajstić information content (AvgIpc) is 2.61. The summed E-state index contributed by atoms with van der Waals surface area (Å²) in [7, 11) is 0. The smallest absolute Gasteiger partial charge is 0.154 e. The van der Waals surface area contributed by atoms with Crippen molar-refractivity contribution in [3.05, 3.63) is 70.8 Å². The lowest BCUT2D eigenvalue weighted by molar-refractivity contribution is 0.112. The maximum Gasteiger partial charge on any atom is 0.154 e. The van der Waals surface area contributed by atoms with Crippen molar-refractivity contribution in [2.45, 2.75) is 26.7 Å². The lowest BCUT2D eigenvalue weighted by Crippen LogP contribution is -2.00. The van der Waals surface area contributed by atoms with E-state index in [4.69, 9.17) is 0 Å². The van der Waals surface area contributed by atoms with Crippen LogP contribution >= 0.6 is 0 Å². The third kappa shape index (κ3) is 3.18. The van der Waals surface area contributed by atoms with Gasteiger partial charge in [-0.2, -0.15) is 0 Å². The molecule has 126 valence electrons. The van der Waals surface area contributed by atoms with Crippen LogP contribution in [0.25, 0.3) is 10.8 Å². The number of aromatic hydroxyl groups is 1. The number of hydrogen-bond donors (Lipinski definition) is 1. The van der Waals surface area contributed by atoms with Gasteiger partial charge in [-0.05, 0) is 47.1 Å². The number of benzene rings is 3. The number of aldehydes is 1. The van der Waals surface area contributed by atoms with Crippen molar-refractivity contribution in [1.82, 2.24) is 0 Å². The number of nitrogens with zero attached hydrogens (tertiary/aromatic N) is 1. The van der Waals surface area contributed by atoms with Crippen LogP contribution in [0.5, 0.6) is 5.75 Å². The predicted octanol–water partition coefficient (Wildman–Crippen LogP) is 5.54. The van der Waals surface area contributed by atoms with Crippen molar-refractivity contribution in [2.75, 3.05) is 0 Å². The SMILES string of the molecule is Cc1c(C=Nc2cccc3ccccc23)cc(C(C)C)c(O)c1C=O. The number of phenols is 1. The molecule has 0 saturated heterocycles. The summed E-state index contributed by atoms with van der Waals surface area (Å²) in [6, 6.07) is 16.0. The maximum absolute atomic E-state index is 11.4. The Morgan fingerprint density at radius 2 is 1.80 bits per heavy atom. The predicted molar refractivity (Wildman–Crippen MR) is 104 cm³/mol. The topological polar surface area (TPSA) is 49.7 Å². The van der Waals surface area contributed by atoms with Crippen LogP contribution in [-0.4, -0.2) is 17.6 Å². The molecule has 0 aromatic heterocycles. The second kappa shape index (κ2) is 6.89. The molecular formula is C22H21NO2. The minimum absolute atomic E-state index is 0.0739. The van der Waals surface area contributed by atoms with Gasteiger partial charge in [0.2, 0.25) is 0 Å². The summed E-state index contributed by atoms with van der Waals surface area (Å²) in [6.07, 6.45) is 2.49. The normalized spacial score (nSPS) is 11.5. The first-order valence-electron chi connectivity index (χ1n) is 8.36. The van der Waals surface area contributed by atoms with Crippen molar-refractivity contribution in [1.29, 1.82) is 0 Å². The van der Waals surface area contributed by atoms with E-state index in [-0.39, 0.29) is 11.7 Å². The molecule has 3 nitrogen and oxygen atoms in total. The van der Waals surface area contributed by atoms with Crippen LogP contribution in [0.1, 0.15) is 46.8 Å². The molecule has 0 aliphatic rings. The highest BCUT2D eigenvalue weighted by molar-refractivity contribution is 5.97. The summed E-state index contributed by atoms with van der Waals surface area (Å²) in [5.74, 6) is 0.189. The molecule has 3 heteroatoms. The van der Waals surface area contributed by atoms with E-state index >= 15 is 0 Å². The van der Waals surface area contributed by atoms with Gasteiger partial charge in [-0.3, -0.25) is 9.79 Å². The molecule has 0 heterocycles. The Morgan fingerprint density at radius 3 is 2.52 bits per heavy atom. The van der Waals surface area contributed by atoms with Gasteiger partial charge in [0, 0.05) is 11.6 Å². The molecule has 0 bridgehead atoms. The molecule has 3 aromatic rings. The number of rotatable bonds is 4. The lowest BCUT2D eigenvalue weighted by Gasteiger charge is -2.14. The molecule has 3 aromatic carbocycles. The molecule has 0 spiro atoms. The molecule has 0 fully saturated rings. The summed E-state index contributed by atoms with van der Waals surface area (Å²) in [5, 5.41) is 12.5. The van der Waals surface area contributed by atoms with Gasteiger partial charge in [0.05, 0.1) is 11.3 Å². The van der Waals surface area contributed by atoms with Crippen LogP contribution in [0.2, 0.25) is 0 Å². The van der Waals surface area contributed by atoms with Crippen LogP contribution in [0.3, 0.4) is 0 Å². The number of fused-ring (bicyclic) bond motifs is 1. The molecule has 0 unspecified atom stereocenters. The summed E-state index contributed by atoms with van der Waals surface area (Å²) in [5.41, 5.74) is 3.55. The second-order valence-electron chi connectivity index (χ2n) is 6.47. The molecule has 0 saturated carbocycles. The monoisotopic (exact) mass is 331 g/mol. The number of phenolic OH excluding ortho intramolecular Hbond substituents is 1. The Morgan fingerprint density at radius 1 is 1.08 bits per heavy atom. The quantitative estimate of drug-likeness (QED) is 0.504. The molecule has 1 N–H and O–H groups in total. The Balaban J connectivity index is 2.12. The fourth-order valence-electron chi connectivity index (χ4n) is 3.01. The van der Waals surface area contributed by atoms with Crippen LogP contribution in [0, 0.1) is 6.92 Å². The van der Waals surface area contributed by atoms with Crippen LogP contribution in [0.15, 0.2) is 53.5 Å². The van der Waals surface area contributed by atoms with Crippen molar-refractivity contribution < 1.29 is 9.90 Å². The number of aliphatic imine (C=N–C) groups is 1. The maximum atomic E-state index is 11.4. The zero-order valence-corrected chi connectivity index (χ0v) is 14.7. The minimum Gasteiger partial charge on any atom is -0.507 e. The molecule has 0 aliphatic carbocycles. The van der Waals surface area contributed by atoms with E-state index in [1.54, 1.807) is 6.21 Å². The van der Waals surface area contributed by atoms with E-state index in [2.05, 4.69) is 17.1 Å². The summed E-state index contributed by atoms with van der Waals surface area (Å²) in [6.45, 7) is 5.81. The van der Waals surface area contributed by atoms with Crippen LogP contribution < -0.4 is 0 Å². The summed E-state index contributed by atoms with van der Waals surface area (Å²) in [4.78, 5) is 16.1. The summed E-state index contributed by atoms with van der Waals surface area (Å²) < 4.78 is 0. The number of carbonyl (C=O) groups is 1. The van der Waals surface area contributed by atoms with Gasteiger partial charge in [0.1, 0.15) is 5.75 Å². The van der Waals surface area contributed by atoms with E-state index in [9.17, 15) is 9.90 Å². The van der Waals surface area contributed by atoms with E-state index in [1.165, 1.54) is 0 Å². The van der Waals surface area contributed by atoms with Gasteiger partial charge in [-0.15, -0.1) is 0 Å². The van der Waals surface area contributed by atoms with Crippen LogP contribution in [0.4, 0.5) is 5.69 Å². The van der Waals surface area contributed by atoms with Gasteiger partial charge in [-0.1, -0.05) is 50.2 Å². The first-order valence-corrected chi connectivity index (χ1v) is 8.36. The fourth-order valence-corrected chi connectivity index (χ4v) is 3.01. The van der Waals surface area contributed by atoms with Gasteiger partial charge in [0.25, 0.3) is 0 Å². The number of hydrogen-bond acceptors (Lipinski definition) is 3. The van der Waals surface area contributed by atoms with Crippen molar-refractivity contribution in [2.24, 2.45) is 4.99 Å². The third-order valence-electron chi connectivity index (χ3n) is 4.53. The number of carbonyl (C=O) groups excluding carboxylic acids is 1. The van der Waals surface area contributed by atoms with E-state index in [0.717, 1.165) is 33.2 Å². The Kier molecular flexibility index (Phi) is 4.66. The van der Waals surface area contributed by atoms with Crippen molar-refractivity contribution >= 4 is 29.0 Å². The molecule has 0 atom stereocenters. The molecule has 0 amide bonds. The summed E-state index contributed by atoms with van der Waals surface area (Å²) >= 11 is 0. The second-order valence-corrected chi connectivity index (χ2v) is 6.47. The first kappa shape index (κ1) is 16.9. The van der Waals surface area contributed by atoms with Crippen molar-refractivity contribution in [3.63, 3.8) is 0 Å². The van der Waals surface area contributed by atoms with Gasteiger partial charge < -0.3 is 5.11 Å². The molecule has 0 radical (unpaired) electrons. The molecular weight excluding hydrogens is 310 g/mol. The first-order chi connectivity index (χ1) is 12.0. The average molecular weight is 331 g/mol. The Bertz CT molecular complexity index is 966. The van der Waals surface area contributed by atoms with Crippen LogP contribution in [-0.2, 0) is 0 Å². The van der Waals surface area contributed by atoms with E-state index in [0.29, 0.717) is 11.8 Å². The standard InChI is InChI=1S/C22H21NO2/c1-14(2)19-11-17(15(3)20(13-24)22(19)25)12-23-21-10-6-8-16-7-4-5-9-18(16)21/h4-14,25H,1-3H3. The van der Waals surface area contributed by atoms with Crippen molar-refractivity contribution in [3.8, 4) is 5.75 Å². The molecule has 0 aliphatic heterocycles. The Labute approximate surface area is 147 Å². The fraction of sp³-hybridized carbons (Fsp3) is 0.182. The van der Waals surface area contributed by atoms with Gasteiger partial charge in [-0.25, -0.2) is 0 Å². The highest BCUT2D eigenvalue weighted by Gasteiger charge is 2.15. The van der Waals surface area contributed by atoms with Gasteiger partial charge in [0.15, 0.2) is 6.29 Å². The zero-order chi connectivity index (χ0) is 18.0. The largest absolute Gasteiger partial charge is 0.507 e. The lowest BCUT2D eigenvalue weighted by atomic mass is 9.93. The highest BCUT2D eigenvalue weighted by atomic mass is 16.3. The minimum atomic E-state index is 0.0739. The highest BCUT2D eigenvalue weighted by Crippen LogP contribution is 2.32. The third-order valence-corrected chi connectivity index (χ3v) is 4.53. The van der Waals surface area contributed by atoms with E-state index < -0.39 is 0 Å². The zero-order valence-electron chi connectivity index (χ0n) is 14.7. The molecule has 3 rings (SSSR count). The van der Waals surface area contributed by atoms with E-state index in [1.807, 2.05) is 57.2 Å². The Hall–Kier alpha value is -2.94. The molecule has 25 heavy (non-hydrogen) atoms. The van der Waals surface area contributed by atoms with Gasteiger partial charge >= 0.3 is 0 Å².